The van der Waals surface area contributed by atoms with Gasteiger partial charge in [0.1, 0.15) is 0 Å². The van der Waals surface area contributed by atoms with E-state index in [2.05, 4.69) is 10.3 Å². The van der Waals surface area contributed by atoms with E-state index in [4.69, 9.17) is 16.3 Å². The molecule has 0 spiro atoms. The van der Waals surface area contributed by atoms with Crippen molar-refractivity contribution in [3.05, 3.63) is 64.1 Å². The summed E-state index contributed by atoms with van der Waals surface area (Å²) in [6, 6.07) is 12.1. The number of carbonyl (C=O) groups excluding carboxylic acids is 2. The normalized spacial score (nSPS) is 11.9. The summed E-state index contributed by atoms with van der Waals surface area (Å²) in [6.45, 7) is 1.51. The molecule has 128 valence electrons. The number of nitrogens with one attached hydrogen (secondary N) is 1. The first-order chi connectivity index (χ1) is 12.0. The van der Waals surface area contributed by atoms with Gasteiger partial charge in [0.05, 0.1) is 27.3 Å². The summed E-state index contributed by atoms with van der Waals surface area (Å²) >= 11 is 7.29. The van der Waals surface area contributed by atoms with Crippen LogP contribution in [0.2, 0.25) is 5.02 Å². The molecule has 1 aromatic heterocycles. The molecule has 5 nitrogen and oxygen atoms in total. The Hall–Kier alpha value is -2.44. The van der Waals surface area contributed by atoms with Gasteiger partial charge in [-0.25, -0.2) is 9.78 Å². The van der Waals surface area contributed by atoms with Crippen LogP contribution in [0.25, 0.3) is 10.2 Å². The standard InChI is InChI=1S/C18H15ClN2O3S/c1-11(12-2-5-14(19)6-3-12)21-17(22)9-24-18(23)13-4-7-15-16(8-13)25-10-20-15/h2-8,10-11H,9H2,1H3,(H,21,22)/t11-/m0/s1. The summed E-state index contributed by atoms with van der Waals surface area (Å²) in [5.74, 6) is -0.903. The molecule has 25 heavy (non-hydrogen) atoms. The molecule has 3 rings (SSSR count). The summed E-state index contributed by atoms with van der Waals surface area (Å²) in [5, 5.41) is 3.41. The molecule has 1 N–H and O–H groups in total. The molecule has 0 unspecified atom stereocenters. The lowest BCUT2D eigenvalue weighted by atomic mass is 10.1. The molecule has 0 saturated heterocycles. The predicted molar refractivity (Wildman–Crippen MR) is 97.9 cm³/mol. The molecule has 0 bridgehead atoms. The van der Waals surface area contributed by atoms with Crippen LogP contribution in [-0.2, 0) is 9.53 Å². The second-order valence-corrected chi connectivity index (χ2v) is 6.77. The predicted octanol–water partition coefficient (Wildman–Crippen LogP) is 3.98. The van der Waals surface area contributed by atoms with Crippen LogP contribution >= 0.6 is 22.9 Å². The van der Waals surface area contributed by atoms with Crippen LogP contribution in [0.4, 0.5) is 0 Å². The Kier molecular flexibility index (Phi) is 5.31. The third-order valence-electron chi connectivity index (χ3n) is 3.65. The quantitative estimate of drug-likeness (QED) is 0.686. The summed E-state index contributed by atoms with van der Waals surface area (Å²) in [7, 11) is 0. The largest absolute Gasteiger partial charge is 0.452 e. The van der Waals surface area contributed by atoms with Crippen LogP contribution in [0, 0.1) is 0 Å². The molecule has 1 atom stereocenters. The first kappa shape index (κ1) is 17.4. The Bertz CT molecular complexity index is 908. The van der Waals surface area contributed by atoms with Gasteiger partial charge in [-0.05, 0) is 42.8 Å². The van der Waals surface area contributed by atoms with Crippen molar-refractivity contribution in [2.24, 2.45) is 0 Å². The minimum Gasteiger partial charge on any atom is -0.452 e. The lowest BCUT2D eigenvalue weighted by Crippen LogP contribution is -2.31. The van der Waals surface area contributed by atoms with Crippen LogP contribution in [0.3, 0.4) is 0 Å². The maximum atomic E-state index is 12.1. The average Bonchev–Trinajstić information content (AvgIpc) is 3.07. The highest BCUT2D eigenvalue weighted by Gasteiger charge is 2.14. The van der Waals surface area contributed by atoms with Crippen molar-refractivity contribution in [2.75, 3.05) is 6.61 Å². The van der Waals surface area contributed by atoms with Crippen LogP contribution in [0.15, 0.2) is 48.0 Å². The molecule has 0 aliphatic heterocycles. The molecule has 0 fully saturated rings. The number of fused-ring (bicyclic) bond motifs is 1. The summed E-state index contributed by atoms with van der Waals surface area (Å²) < 4.78 is 5.98. The summed E-state index contributed by atoms with van der Waals surface area (Å²) in [5.41, 5.74) is 3.86. The molecular formula is C18H15ClN2O3S. The summed E-state index contributed by atoms with van der Waals surface area (Å²) in [6.07, 6.45) is 0. The number of hydrogen-bond donors (Lipinski definition) is 1. The van der Waals surface area contributed by atoms with Crippen molar-refractivity contribution in [2.45, 2.75) is 13.0 Å². The Morgan fingerprint density at radius 1 is 1.24 bits per heavy atom. The van der Waals surface area contributed by atoms with Crippen molar-refractivity contribution in [3.63, 3.8) is 0 Å². The fourth-order valence-corrected chi connectivity index (χ4v) is 3.16. The van der Waals surface area contributed by atoms with Crippen molar-refractivity contribution < 1.29 is 14.3 Å². The van der Waals surface area contributed by atoms with E-state index < -0.39 is 5.97 Å². The van der Waals surface area contributed by atoms with Gasteiger partial charge in [-0.15, -0.1) is 11.3 Å². The van der Waals surface area contributed by atoms with Gasteiger partial charge in [0.15, 0.2) is 6.61 Å². The molecule has 7 heteroatoms. The highest BCUT2D eigenvalue weighted by Crippen LogP contribution is 2.19. The number of ether oxygens (including phenoxy) is 1. The number of halogens is 1. The first-order valence-electron chi connectivity index (χ1n) is 7.58. The first-order valence-corrected chi connectivity index (χ1v) is 8.84. The number of rotatable bonds is 5. The van der Waals surface area contributed by atoms with Crippen LogP contribution < -0.4 is 5.32 Å². The molecule has 0 saturated carbocycles. The number of nitrogens with zero attached hydrogens (tertiary/aromatic N) is 1. The Morgan fingerprint density at radius 2 is 2.00 bits per heavy atom. The number of esters is 1. The zero-order chi connectivity index (χ0) is 17.8. The topological polar surface area (TPSA) is 68.3 Å². The smallest absolute Gasteiger partial charge is 0.338 e. The van der Waals surface area contributed by atoms with E-state index in [1.54, 1.807) is 35.8 Å². The lowest BCUT2D eigenvalue weighted by molar-refractivity contribution is -0.124. The molecule has 0 aliphatic carbocycles. The van der Waals surface area contributed by atoms with Crippen LogP contribution in [-0.4, -0.2) is 23.5 Å². The fourth-order valence-electron chi connectivity index (χ4n) is 2.31. The maximum absolute atomic E-state index is 12.1. The number of benzene rings is 2. The Balaban J connectivity index is 1.54. The Labute approximate surface area is 153 Å². The van der Waals surface area contributed by atoms with Gasteiger partial charge in [-0.3, -0.25) is 4.79 Å². The van der Waals surface area contributed by atoms with Gasteiger partial charge in [0, 0.05) is 5.02 Å². The molecule has 2 aromatic carbocycles. The van der Waals surface area contributed by atoms with Gasteiger partial charge in [-0.2, -0.15) is 0 Å². The van der Waals surface area contributed by atoms with E-state index >= 15 is 0 Å². The van der Waals surface area contributed by atoms with E-state index in [0.717, 1.165) is 15.8 Å². The van der Waals surface area contributed by atoms with E-state index in [1.807, 2.05) is 19.1 Å². The second kappa shape index (κ2) is 7.63. The van der Waals surface area contributed by atoms with Gasteiger partial charge >= 0.3 is 5.97 Å². The highest BCUT2D eigenvalue weighted by molar-refractivity contribution is 7.16. The number of carbonyl (C=O) groups is 2. The zero-order valence-electron chi connectivity index (χ0n) is 13.4. The maximum Gasteiger partial charge on any atom is 0.338 e. The molecule has 0 aliphatic rings. The number of amides is 1. The van der Waals surface area contributed by atoms with E-state index in [-0.39, 0.29) is 18.6 Å². The van der Waals surface area contributed by atoms with Crippen molar-refractivity contribution in [1.82, 2.24) is 10.3 Å². The van der Waals surface area contributed by atoms with Crippen molar-refractivity contribution in [1.29, 1.82) is 0 Å². The van der Waals surface area contributed by atoms with Gasteiger partial charge < -0.3 is 10.1 Å². The van der Waals surface area contributed by atoms with Crippen molar-refractivity contribution in [3.8, 4) is 0 Å². The van der Waals surface area contributed by atoms with Gasteiger partial charge in [-0.1, -0.05) is 23.7 Å². The fraction of sp³-hybridized carbons (Fsp3) is 0.167. The average molecular weight is 375 g/mol. The number of thiazole rings is 1. The van der Waals surface area contributed by atoms with E-state index in [1.165, 1.54) is 11.3 Å². The SMILES string of the molecule is C[C@H](NC(=O)COC(=O)c1ccc2ncsc2c1)c1ccc(Cl)cc1. The molecular weight excluding hydrogens is 360 g/mol. The minimum absolute atomic E-state index is 0.211. The third kappa shape index (κ3) is 4.35. The van der Waals surface area contributed by atoms with Gasteiger partial charge in [0.2, 0.25) is 0 Å². The third-order valence-corrected chi connectivity index (χ3v) is 4.69. The molecule has 3 aromatic rings. The highest BCUT2D eigenvalue weighted by atomic mass is 35.5. The van der Waals surface area contributed by atoms with Crippen molar-refractivity contribution >= 4 is 45.0 Å². The molecule has 1 heterocycles. The van der Waals surface area contributed by atoms with E-state index in [9.17, 15) is 9.59 Å². The zero-order valence-corrected chi connectivity index (χ0v) is 14.9. The monoisotopic (exact) mass is 374 g/mol. The Morgan fingerprint density at radius 3 is 2.76 bits per heavy atom. The molecule has 1 amide bonds. The number of hydrogen-bond acceptors (Lipinski definition) is 5. The van der Waals surface area contributed by atoms with Crippen LogP contribution in [0.5, 0.6) is 0 Å². The minimum atomic E-state index is -0.537. The lowest BCUT2D eigenvalue weighted by Gasteiger charge is -2.14. The number of aromatic nitrogens is 1. The van der Waals surface area contributed by atoms with Crippen LogP contribution in [0.1, 0.15) is 28.9 Å². The summed E-state index contributed by atoms with van der Waals surface area (Å²) in [4.78, 5) is 28.2. The second-order valence-electron chi connectivity index (χ2n) is 5.45. The van der Waals surface area contributed by atoms with E-state index in [0.29, 0.717) is 10.6 Å². The van der Waals surface area contributed by atoms with Gasteiger partial charge in [0.25, 0.3) is 5.91 Å². The molecule has 0 radical (unpaired) electrons.